The molecular formula is C23H21N3. The van der Waals surface area contributed by atoms with Crippen molar-refractivity contribution >= 4 is 17.2 Å². The maximum absolute atomic E-state index is 4.89. The van der Waals surface area contributed by atoms with E-state index in [-0.39, 0.29) is 0 Å². The Labute approximate surface area is 154 Å². The average molecular weight is 339 g/mol. The predicted molar refractivity (Wildman–Crippen MR) is 108 cm³/mol. The molecule has 3 nitrogen and oxygen atoms in total. The summed E-state index contributed by atoms with van der Waals surface area (Å²) in [6, 6.07) is 31.2. The van der Waals surface area contributed by atoms with Crippen LogP contribution >= 0.6 is 0 Å². The highest BCUT2D eigenvalue weighted by molar-refractivity contribution is 6.08. The zero-order valence-electron chi connectivity index (χ0n) is 15.0. The number of nitrogens with zero attached hydrogens (tertiary/aromatic N) is 3. The number of amidine groups is 1. The van der Waals surface area contributed by atoms with Crippen molar-refractivity contribution in [1.29, 1.82) is 0 Å². The Kier molecular flexibility index (Phi) is 4.28. The zero-order valence-corrected chi connectivity index (χ0v) is 15.0. The standard InChI is InChI=1S/C23H21N3/c1-25-21(18-12-6-3-7-13-18)22(19-14-8-4-9-15-19)26(2)24-23(25)20-16-10-5-11-17-20/h3-17H,1-2H3. The highest BCUT2D eigenvalue weighted by Crippen LogP contribution is 2.35. The molecule has 3 heteroatoms. The maximum atomic E-state index is 4.89. The molecule has 1 heterocycles. The van der Waals surface area contributed by atoms with Gasteiger partial charge in [0.15, 0.2) is 5.84 Å². The van der Waals surface area contributed by atoms with Crippen molar-refractivity contribution in [2.24, 2.45) is 5.10 Å². The summed E-state index contributed by atoms with van der Waals surface area (Å²) in [4.78, 5) is 2.19. The topological polar surface area (TPSA) is 18.8 Å². The highest BCUT2D eigenvalue weighted by atomic mass is 15.5. The molecule has 128 valence electrons. The molecule has 0 saturated heterocycles. The minimum atomic E-state index is 0.937. The third-order valence-corrected chi connectivity index (χ3v) is 4.57. The Bertz CT molecular complexity index is 945. The van der Waals surface area contributed by atoms with Gasteiger partial charge in [-0.3, -0.25) is 5.01 Å². The molecule has 3 aromatic carbocycles. The van der Waals surface area contributed by atoms with E-state index in [1.165, 1.54) is 5.56 Å². The van der Waals surface area contributed by atoms with Gasteiger partial charge in [-0.2, -0.15) is 5.10 Å². The summed E-state index contributed by atoms with van der Waals surface area (Å²) in [6.45, 7) is 0. The van der Waals surface area contributed by atoms with Crippen molar-refractivity contribution in [3.8, 4) is 0 Å². The summed E-state index contributed by atoms with van der Waals surface area (Å²) >= 11 is 0. The molecule has 0 unspecified atom stereocenters. The summed E-state index contributed by atoms with van der Waals surface area (Å²) in [5.41, 5.74) is 5.66. The van der Waals surface area contributed by atoms with Gasteiger partial charge in [-0.15, -0.1) is 0 Å². The lowest BCUT2D eigenvalue weighted by Gasteiger charge is -2.35. The third kappa shape index (κ3) is 2.88. The first-order valence-electron chi connectivity index (χ1n) is 8.72. The van der Waals surface area contributed by atoms with Crippen molar-refractivity contribution in [2.45, 2.75) is 0 Å². The van der Waals surface area contributed by atoms with E-state index in [0.717, 1.165) is 28.4 Å². The first kappa shape index (κ1) is 16.2. The monoisotopic (exact) mass is 339 g/mol. The lowest BCUT2D eigenvalue weighted by molar-refractivity contribution is 0.480. The molecular weight excluding hydrogens is 318 g/mol. The molecule has 0 spiro atoms. The van der Waals surface area contributed by atoms with Crippen LogP contribution in [-0.2, 0) is 0 Å². The zero-order chi connectivity index (χ0) is 17.9. The molecule has 1 aliphatic rings. The van der Waals surface area contributed by atoms with E-state index < -0.39 is 0 Å². The fourth-order valence-electron chi connectivity index (χ4n) is 3.36. The van der Waals surface area contributed by atoms with Crippen molar-refractivity contribution in [3.63, 3.8) is 0 Å². The Hall–Kier alpha value is -3.33. The number of benzene rings is 3. The molecule has 0 aromatic heterocycles. The molecule has 0 aliphatic carbocycles. The van der Waals surface area contributed by atoms with Crippen molar-refractivity contribution < 1.29 is 0 Å². The Morgan fingerprint density at radius 2 is 0.962 bits per heavy atom. The third-order valence-electron chi connectivity index (χ3n) is 4.57. The van der Waals surface area contributed by atoms with Crippen LogP contribution in [0.5, 0.6) is 0 Å². The molecule has 0 fully saturated rings. The quantitative estimate of drug-likeness (QED) is 0.686. The van der Waals surface area contributed by atoms with E-state index in [4.69, 9.17) is 5.10 Å². The highest BCUT2D eigenvalue weighted by Gasteiger charge is 2.27. The van der Waals surface area contributed by atoms with E-state index in [2.05, 4.69) is 72.6 Å². The van der Waals surface area contributed by atoms with Gasteiger partial charge < -0.3 is 4.90 Å². The minimum absolute atomic E-state index is 0.937. The van der Waals surface area contributed by atoms with E-state index >= 15 is 0 Å². The van der Waals surface area contributed by atoms with Gasteiger partial charge in [0.25, 0.3) is 0 Å². The van der Waals surface area contributed by atoms with Crippen LogP contribution in [0, 0.1) is 0 Å². The summed E-state index contributed by atoms with van der Waals surface area (Å²) in [6.07, 6.45) is 0. The van der Waals surface area contributed by atoms with Gasteiger partial charge in [0.2, 0.25) is 0 Å². The van der Waals surface area contributed by atoms with E-state index in [1.54, 1.807) is 0 Å². The molecule has 4 rings (SSSR count). The second-order valence-corrected chi connectivity index (χ2v) is 6.30. The fourth-order valence-corrected chi connectivity index (χ4v) is 3.36. The van der Waals surface area contributed by atoms with E-state index in [1.807, 2.05) is 42.4 Å². The second-order valence-electron chi connectivity index (χ2n) is 6.30. The van der Waals surface area contributed by atoms with Crippen LogP contribution in [0.1, 0.15) is 16.7 Å². The van der Waals surface area contributed by atoms with Crippen molar-refractivity contribution in [1.82, 2.24) is 9.91 Å². The maximum Gasteiger partial charge on any atom is 0.160 e. The van der Waals surface area contributed by atoms with Gasteiger partial charge in [0.1, 0.15) is 0 Å². The first-order valence-corrected chi connectivity index (χ1v) is 8.72. The van der Waals surface area contributed by atoms with Gasteiger partial charge >= 0.3 is 0 Å². The van der Waals surface area contributed by atoms with Crippen LogP contribution in [-0.4, -0.2) is 29.8 Å². The summed E-state index contributed by atoms with van der Waals surface area (Å²) in [5, 5.41) is 6.87. The first-order chi connectivity index (χ1) is 12.8. The molecule has 0 radical (unpaired) electrons. The molecule has 0 bridgehead atoms. The Morgan fingerprint density at radius 3 is 1.46 bits per heavy atom. The molecule has 0 atom stereocenters. The number of hydrazone groups is 1. The molecule has 0 saturated carbocycles. The van der Waals surface area contributed by atoms with Crippen LogP contribution < -0.4 is 0 Å². The van der Waals surface area contributed by atoms with E-state index in [9.17, 15) is 0 Å². The normalized spacial score (nSPS) is 14.5. The molecule has 26 heavy (non-hydrogen) atoms. The lowest BCUT2D eigenvalue weighted by atomic mass is 10.0. The minimum Gasteiger partial charge on any atom is -0.325 e. The summed E-state index contributed by atoms with van der Waals surface area (Å²) in [7, 11) is 4.10. The van der Waals surface area contributed by atoms with Crippen LogP contribution in [0.15, 0.2) is 96.1 Å². The van der Waals surface area contributed by atoms with Crippen LogP contribution in [0.3, 0.4) is 0 Å². The van der Waals surface area contributed by atoms with Crippen LogP contribution in [0.2, 0.25) is 0 Å². The lowest BCUT2D eigenvalue weighted by Crippen LogP contribution is -2.35. The van der Waals surface area contributed by atoms with Crippen molar-refractivity contribution in [3.05, 3.63) is 108 Å². The fraction of sp³-hybridized carbons (Fsp3) is 0.0870. The van der Waals surface area contributed by atoms with Gasteiger partial charge in [-0.25, -0.2) is 0 Å². The molecule has 1 aliphatic heterocycles. The largest absolute Gasteiger partial charge is 0.325 e. The Balaban J connectivity index is 1.91. The number of rotatable bonds is 3. The van der Waals surface area contributed by atoms with Gasteiger partial charge in [-0.05, 0) is 0 Å². The summed E-state index contributed by atoms with van der Waals surface area (Å²) in [5.74, 6) is 0.937. The van der Waals surface area contributed by atoms with Crippen LogP contribution in [0.25, 0.3) is 11.4 Å². The molecule has 0 N–H and O–H groups in total. The van der Waals surface area contributed by atoms with Crippen molar-refractivity contribution in [2.75, 3.05) is 14.1 Å². The van der Waals surface area contributed by atoms with Crippen LogP contribution in [0.4, 0.5) is 0 Å². The number of hydrogen-bond acceptors (Lipinski definition) is 3. The SMILES string of the molecule is CN1N=C(c2ccccc2)N(C)C(c2ccccc2)=C1c1ccccc1. The van der Waals surface area contributed by atoms with Gasteiger partial charge in [0, 0.05) is 30.8 Å². The summed E-state index contributed by atoms with van der Waals surface area (Å²) < 4.78 is 0. The Morgan fingerprint density at radius 1 is 0.538 bits per heavy atom. The average Bonchev–Trinajstić information content (AvgIpc) is 2.71. The smallest absolute Gasteiger partial charge is 0.160 e. The van der Waals surface area contributed by atoms with E-state index in [0.29, 0.717) is 0 Å². The second kappa shape index (κ2) is 6.89. The predicted octanol–water partition coefficient (Wildman–Crippen LogP) is 4.75. The number of hydrogen-bond donors (Lipinski definition) is 0. The van der Waals surface area contributed by atoms with Gasteiger partial charge in [-0.1, -0.05) is 91.0 Å². The van der Waals surface area contributed by atoms with Gasteiger partial charge in [0.05, 0.1) is 11.4 Å². The molecule has 0 amide bonds. The molecule has 3 aromatic rings.